The minimum absolute atomic E-state index is 0.0583. The Morgan fingerprint density at radius 1 is 1.08 bits per heavy atom. The second-order valence-electron chi connectivity index (χ2n) is 7.18. The van der Waals surface area contributed by atoms with E-state index in [9.17, 15) is 4.79 Å². The van der Waals surface area contributed by atoms with Gasteiger partial charge in [-0.2, -0.15) is 11.8 Å². The molecule has 0 saturated heterocycles. The van der Waals surface area contributed by atoms with Gasteiger partial charge >= 0.3 is 0 Å². The molecule has 0 spiro atoms. The van der Waals surface area contributed by atoms with Gasteiger partial charge in [-0.15, -0.1) is 0 Å². The Kier molecular flexibility index (Phi) is 7.80. The van der Waals surface area contributed by atoms with Crippen molar-refractivity contribution in [3.8, 4) is 0 Å². The summed E-state index contributed by atoms with van der Waals surface area (Å²) in [6, 6.07) is 16.2. The van der Waals surface area contributed by atoms with Crippen molar-refractivity contribution in [1.29, 1.82) is 0 Å². The lowest BCUT2D eigenvalue weighted by atomic mass is 9.87. The maximum Gasteiger partial charge on any atom is 0.244 e. The SMILES string of the molecule is CC(C)(C)c1ccc(/C=C/C(=O)NCCSCc2ccc(Cl)cc2)cc1. The summed E-state index contributed by atoms with van der Waals surface area (Å²) >= 11 is 7.66. The van der Waals surface area contributed by atoms with Crippen molar-refractivity contribution in [2.24, 2.45) is 0 Å². The standard InChI is InChI=1S/C22H26ClNOS/c1-22(2,3)19-9-4-17(5-10-19)8-13-21(25)24-14-15-26-16-18-6-11-20(23)12-7-18/h4-13H,14-16H2,1-3H3,(H,24,25)/b13-8+. The Bertz CT molecular complexity index is 730. The van der Waals surface area contributed by atoms with Crippen molar-refractivity contribution in [1.82, 2.24) is 5.32 Å². The smallest absolute Gasteiger partial charge is 0.244 e. The fourth-order valence-electron chi connectivity index (χ4n) is 2.34. The lowest BCUT2D eigenvalue weighted by Crippen LogP contribution is -2.23. The fourth-order valence-corrected chi connectivity index (χ4v) is 3.29. The average molecular weight is 388 g/mol. The maximum absolute atomic E-state index is 11.9. The molecule has 0 aliphatic rings. The van der Waals surface area contributed by atoms with Crippen LogP contribution in [0.5, 0.6) is 0 Å². The molecule has 0 aliphatic carbocycles. The summed E-state index contributed by atoms with van der Waals surface area (Å²) in [4.78, 5) is 11.9. The zero-order valence-corrected chi connectivity index (χ0v) is 17.2. The molecule has 26 heavy (non-hydrogen) atoms. The zero-order chi connectivity index (χ0) is 19.0. The first-order chi connectivity index (χ1) is 12.3. The Balaban J connectivity index is 1.68. The summed E-state index contributed by atoms with van der Waals surface area (Å²) in [6.07, 6.45) is 3.44. The van der Waals surface area contributed by atoms with Crippen LogP contribution in [-0.4, -0.2) is 18.2 Å². The first kappa shape index (κ1) is 20.6. The van der Waals surface area contributed by atoms with Gasteiger partial charge in [0.05, 0.1) is 0 Å². The quantitative estimate of drug-likeness (QED) is 0.487. The van der Waals surface area contributed by atoms with Crippen LogP contribution in [0.15, 0.2) is 54.6 Å². The van der Waals surface area contributed by atoms with Gasteiger partial charge in [0, 0.05) is 29.1 Å². The van der Waals surface area contributed by atoms with Gasteiger partial charge in [-0.25, -0.2) is 0 Å². The molecule has 4 heteroatoms. The molecule has 1 N–H and O–H groups in total. The van der Waals surface area contributed by atoms with E-state index in [2.05, 4.69) is 38.2 Å². The van der Waals surface area contributed by atoms with Crippen molar-refractivity contribution in [2.75, 3.05) is 12.3 Å². The number of carbonyl (C=O) groups is 1. The van der Waals surface area contributed by atoms with Crippen LogP contribution in [0.4, 0.5) is 0 Å². The number of hydrogen-bond donors (Lipinski definition) is 1. The fraction of sp³-hybridized carbons (Fsp3) is 0.318. The highest BCUT2D eigenvalue weighted by molar-refractivity contribution is 7.98. The molecule has 0 fully saturated rings. The Morgan fingerprint density at radius 2 is 1.73 bits per heavy atom. The van der Waals surface area contributed by atoms with E-state index in [-0.39, 0.29) is 11.3 Å². The number of benzene rings is 2. The third-order valence-electron chi connectivity index (χ3n) is 3.93. The molecule has 0 heterocycles. The van der Waals surface area contributed by atoms with Gasteiger partial charge < -0.3 is 5.32 Å². The molecular weight excluding hydrogens is 362 g/mol. The topological polar surface area (TPSA) is 29.1 Å². The molecule has 1 amide bonds. The summed E-state index contributed by atoms with van der Waals surface area (Å²) in [7, 11) is 0. The molecule has 0 unspecified atom stereocenters. The van der Waals surface area contributed by atoms with Crippen LogP contribution in [0.2, 0.25) is 5.02 Å². The van der Waals surface area contributed by atoms with E-state index >= 15 is 0 Å². The third-order valence-corrected chi connectivity index (χ3v) is 5.21. The number of carbonyl (C=O) groups excluding carboxylic acids is 1. The third kappa shape index (κ3) is 7.27. The number of rotatable bonds is 7. The monoisotopic (exact) mass is 387 g/mol. The first-order valence-corrected chi connectivity index (χ1v) is 10.3. The number of nitrogens with one attached hydrogen (secondary N) is 1. The highest BCUT2D eigenvalue weighted by Gasteiger charge is 2.12. The summed E-state index contributed by atoms with van der Waals surface area (Å²) < 4.78 is 0. The van der Waals surface area contributed by atoms with Gasteiger partial charge in [-0.1, -0.05) is 68.8 Å². The summed E-state index contributed by atoms with van der Waals surface area (Å²) in [5, 5.41) is 3.67. The molecule has 0 atom stereocenters. The van der Waals surface area contributed by atoms with Crippen molar-refractivity contribution >= 4 is 35.3 Å². The van der Waals surface area contributed by atoms with Gasteiger partial charge in [0.2, 0.25) is 5.91 Å². The van der Waals surface area contributed by atoms with E-state index < -0.39 is 0 Å². The van der Waals surface area contributed by atoms with Crippen molar-refractivity contribution < 1.29 is 4.79 Å². The number of thioether (sulfide) groups is 1. The van der Waals surface area contributed by atoms with E-state index in [4.69, 9.17) is 11.6 Å². The van der Waals surface area contributed by atoms with E-state index in [0.717, 1.165) is 22.1 Å². The van der Waals surface area contributed by atoms with Crippen molar-refractivity contribution in [3.05, 3.63) is 76.3 Å². The molecule has 0 saturated carbocycles. The number of halogens is 1. The van der Waals surface area contributed by atoms with Gasteiger partial charge in [0.25, 0.3) is 0 Å². The van der Waals surface area contributed by atoms with E-state index in [1.165, 1.54) is 11.1 Å². The van der Waals surface area contributed by atoms with Crippen LogP contribution in [0.25, 0.3) is 6.08 Å². The van der Waals surface area contributed by atoms with Crippen molar-refractivity contribution in [2.45, 2.75) is 31.9 Å². The summed E-state index contributed by atoms with van der Waals surface area (Å²) in [6.45, 7) is 7.23. The Hall–Kier alpha value is -1.71. The van der Waals surface area contributed by atoms with E-state index in [1.807, 2.05) is 42.5 Å². The van der Waals surface area contributed by atoms with Gasteiger partial charge in [0.1, 0.15) is 0 Å². The molecular formula is C22H26ClNOS. The van der Waals surface area contributed by atoms with E-state index in [0.29, 0.717) is 6.54 Å². The molecule has 0 radical (unpaired) electrons. The lowest BCUT2D eigenvalue weighted by Gasteiger charge is -2.18. The minimum Gasteiger partial charge on any atom is -0.352 e. The normalized spacial score (nSPS) is 11.7. The van der Waals surface area contributed by atoms with Crippen molar-refractivity contribution in [3.63, 3.8) is 0 Å². The van der Waals surface area contributed by atoms with Gasteiger partial charge in [-0.05, 0) is 40.3 Å². The zero-order valence-electron chi connectivity index (χ0n) is 15.6. The molecule has 138 valence electrons. The highest BCUT2D eigenvalue weighted by atomic mass is 35.5. The summed E-state index contributed by atoms with van der Waals surface area (Å²) in [5.74, 6) is 1.74. The summed E-state index contributed by atoms with van der Waals surface area (Å²) in [5.41, 5.74) is 3.70. The molecule has 0 aliphatic heterocycles. The van der Waals surface area contributed by atoms with Gasteiger partial charge in [-0.3, -0.25) is 4.79 Å². The average Bonchev–Trinajstić information content (AvgIpc) is 2.61. The molecule has 2 rings (SSSR count). The molecule has 2 aromatic rings. The lowest BCUT2D eigenvalue weighted by molar-refractivity contribution is -0.116. The highest BCUT2D eigenvalue weighted by Crippen LogP contribution is 2.22. The van der Waals surface area contributed by atoms with Crippen LogP contribution in [0.3, 0.4) is 0 Å². The Morgan fingerprint density at radius 3 is 2.35 bits per heavy atom. The molecule has 0 aromatic heterocycles. The van der Waals surface area contributed by atoms with Crippen LogP contribution < -0.4 is 5.32 Å². The minimum atomic E-state index is -0.0583. The predicted octanol–water partition coefficient (Wildman–Crippen LogP) is 5.70. The largest absolute Gasteiger partial charge is 0.352 e. The molecule has 2 aromatic carbocycles. The number of hydrogen-bond acceptors (Lipinski definition) is 2. The second-order valence-corrected chi connectivity index (χ2v) is 8.72. The van der Waals surface area contributed by atoms with Crippen LogP contribution in [-0.2, 0) is 16.0 Å². The molecule has 0 bridgehead atoms. The Labute approximate surface area is 166 Å². The van der Waals surface area contributed by atoms with Crippen LogP contribution >= 0.6 is 23.4 Å². The first-order valence-electron chi connectivity index (χ1n) is 8.73. The number of amides is 1. The molecule has 2 nitrogen and oxygen atoms in total. The second kappa shape index (κ2) is 9.84. The predicted molar refractivity (Wildman–Crippen MR) is 115 cm³/mol. The van der Waals surface area contributed by atoms with Crippen LogP contribution in [0, 0.1) is 0 Å². The van der Waals surface area contributed by atoms with Crippen LogP contribution in [0.1, 0.15) is 37.5 Å². The van der Waals surface area contributed by atoms with Gasteiger partial charge in [0.15, 0.2) is 0 Å². The van der Waals surface area contributed by atoms with E-state index in [1.54, 1.807) is 17.8 Å². The maximum atomic E-state index is 11.9.